The van der Waals surface area contributed by atoms with Crippen molar-refractivity contribution in [3.63, 3.8) is 0 Å². The van der Waals surface area contributed by atoms with Gasteiger partial charge in [0.2, 0.25) is 0 Å². The summed E-state index contributed by atoms with van der Waals surface area (Å²) in [5.74, 6) is 0.911. The predicted octanol–water partition coefficient (Wildman–Crippen LogP) is 2.79. The van der Waals surface area contributed by atoms with Gasteiger partial charge in [-0.3, -0.25) is 0 Å². The molecule has 1 aliphatic rings. The van der Waals surface area contributed by atoms with Gasteiger partial charge in [0.25, 0.3) is 0 Å². The van der Waals surface area contributed by atoms with Crippen molar-refractivity contribution in [1.82, 2.24) is 0 Å². The van der Waals surface area contributed by atoms with Crippen molar-refractivity contribution in [1.29, 1.82) is 0 Å². The van der Waals surface area contributed by atoms with E-state index in [0.29, 0.717) is 10.9 Å². The molecule has 0 spiro atoms. The Morgan fingerprint density at radius 2 is 2.29 bits per heavy atom. The van der Waals surface area contributed by atoms with Gasteiger partial charge < -0.3 is 10.6 Å². The molecule has 0 amide bonds. The minimum Gasteiger partial charge on any atom is -0.367 e. The highest BCUT2D eigenvalue weighted by Crippen LogP contribution is 2.27. The monoisotopic (exact) mass is 254 g/mol. The van der Waals surface area contributed by atoms with Crippen LogP contribution in [0.2, 0.25) is 0 Å². The Kier molecular flexibility index (Phi) is 3.94. The van der Waals surface area contributed by atoms with Crippen molar-refractivity contribution >= 4 is 17.4 Å². The van der Waals surface area contributed by atoms with Gasteiger partial charge in [-0.05, 0) is 24.6 Å². The second-order valence-corrected chi connectivity index (χ2v) is 6.17. The molecule has 1 aromatic rings. The third-order valence-electron chi connectivity index (χ3n) is 3.08. The predicted molar refractivity (Wildman–Crippen MR) is 73.1 cm³/mol. The molecule has 1 aromatic carbocycles. The quantitative estimate of drug-likeness (QED) is 0.880. The number of anilines is 1. The molecule has 0 saturated carbocycles. The van der Waals surface area contributed by atoms with Gasteiger partial charge in [-0.15, -0.1) is 0 Å². The van der Waals surface area contributed by atoms with Crippen LogP contribution in [0.3, 0.4) is 0 Å². The number of hydrogen-bond donors (Lipinski definition) is 1. The van der Waals surface area contributed by atoms with E-state index in [0.717, 1.165) is 24.4 Å². The molecule has 94 valence electrons. The number of nitrogens with two attached hydrogens (primary N) is 1. The average Bonchev–Trinajstić information content (AvgIpc) is 2.28. The summed E-state index contributed by atoms with van der Waals surface area (Å²) < 4.78 is 14.0. The number of halogens is 1. The molecule has 2 nitrogen and oxygen atoms in total. The molecule has 0 aliphatic carbocycles. The van der Waals surface area contributed by atoms with Gasteiger partial charge in [0.15, 0.2) is 0 Å². The Morgan fingerprint density at radius 3 is 2.88 bits per heavy atom. The molecule has 1 fully saturated rings. The van der Waals surface area contributed by atoms with Crippen molar-refractivity contribution in [2.75, 3.05) is 23.7 Å². The number of thioether (sulfide) groups is 1. The second kappa shape index (κ2) is 5.27. The number of benzene rings is 1. The van der Waals surface area contributed by atoms with E-state index in [1.165, 1.54) is 0 Å². The fourth-order valence-electron chi connectivity index (χ4n) is 2.10. The maximum absolute atomic E-state index is 14.0. The highest BCUT2D eigenvalue weighted by Gasteiger charge is 2.19. The Balaban J connectivity index is 2.21. The number of rotatable bonds is 2. The normalized spacial score (nSPS) is 22.6. The van der Waals surface area contributed by atoms with Crippen LogP contribution in [0.4, 0.5) is 10.1 Å². The molecule has 1 aliphatic heterocycles. The van der Waals surface area contributed by atoms with E-state index in [9.17, 15) is 4.39 Å². The zero-order chi connectivity index (χ0) is 12.4. The zero-order valence-corrected chi connectivity index (χ0v) is 11.1. The van der Waals surface area contributed by atoms with Gasteiger partial charge in [0.1, 0.15) is 5.82 Å². The molecule has 0 aromatic heterocycles. The SMILES string of the molecule is CC1CN(c2ccc([C@H](C)N)cc2F)CCS1. The van der Waals surface area contributed by atoms with Crippen LogP contribution in [0.15, 0.2) is 18.2 Å². The van der Waals surface area contributed by atoms with Crippen molar-refractivity contribution in [2.24, 2.45) is 5.73 Å². The molecule has 2 rings (SSSR count). The summed E-state index contributed by atoms with van der Waals surface area (Å²) in [6.07, 6.45) is 0. The topological polar surface area (TPSA) is 29.3 Å². The molecule has 2 N–H and O–H groups in total. The Labute approximate surface area is 106 Å². The minimum absolute atomic E-state index is 0.116. The lowest BCUT2D eigenvalue weighted by Crippen LogP contribution is -2.37. The summed E-state index contributed by atoms with van der Waals surface area (Å²) in [4.78, 5) is 2.13. The van der Waals surface area contributed by atoms with Crippen LogP contribution in [0, 0.1) is 5.82 Å². The zero-order valence-electron chi connectivity index (χ0n) is 10.3. The van der Waals surface area contributed by atoms with Crippen molar-refractivity contribution in [2.45, 2.75) is 25.1 Å². The van der Waals surface area contributed by atoms with Crippen molar-refractivity contribution in [3.8, 4) is 0 Å². The molecule has 1 unspecified atom stereocenters. The summed E-state index contributed by atoms with van der Waals surface area (Å²) >= 11 is 1.95. The third-order valence-corrected chi connectivity index (χ3v) is 4.22. The van der Waals surface area contributed by atoms with E-state index in [1.54, 1.807) is 6.07 Å². The molecule has 2 atom stereocenters. The lowest BCUT2D eigenvalue weighted by Gasteiger charge is -2.32. The number of hydrogen-bond acceptors (Lipinski definition) is 3. The Morgan fingerprint density at radius 1 is 1.53 bits per heavy atom. The largest absolute Gasteiger partial charge is 0.367 e. The van der Waals surface area contributed by atoms with E-state index in [2.05, 4.69) is 11.8 Å². The van der Waals surface area contributed by atoms with Crippen LogP contribution in [0.1, 0.15) is 25.5 Å². The maximum Gasteiger partial charge on any atom is 0.146 e. The first kappa shape index (κ1) is 12.7. The molecule has 1 saturated heterocycles. The second-order valence-electron chi connectivity index (χ2n) is 4.63. The van der Waals surface area contributed by atoms with E-state index in [-0.39, 0.29) is 11.9 Å². The van der Waals surface area contributed by atoms with Crippen molar-refractivity contribution in [3.05, 3.63) is 29.6 Å². The summed E-state index contributed by atoms with van der Waals surface area (Å²) in [7, 11) is 0. The molecule has 0 radical (unpaired) electrons. The first-order valence-corrected chi connectivity index (χ1v) is 7.04. The fourth-order valence-corrected chi connectivity index (χ4v) is 3.11. The van der Waals surface area contributed by atoms with Crippen LogP contribution >= 0.6 is 11.8 Å². The van der Waals surface area contributed by atoms with Gasteiger partial charge in [-0.1, -0.05) is 13.0 Å². The summed E-state index contributed by atoms with van der Waals surface area (Å²) in [5.41, 5.74) is 7.31. The molecule has 0 bridgehead atoms. The van der Waals surface area contributed by atoms with Gasteiger partial charge in [-0.25, -0.2) is 4.39 Å². The van der Waals surface area contributed by atoms with Gasteiger partial charge >= 0.3 is 0 Å². The van der Waals surface area contributed by atoms with Crippen LogP contribution in [-0.4, -0.2) is 24.1 Å². The molecular formula is C13H19FN2S. The minimum atomic E-state index is -0.154. The third kappa shape index (κ3) is 2.93. The molecule has 1 heterocycles. The first-order valence-electron chi connectivity index (χ1n) is 5.99. The first-order chi connectivity index (χ1) is 8.08. The van der Waals surface area contributed by atoms with Gasteiger partial charge in [0, 0.05) is 30.1 Å². The van der Waals surface area contributed by atoms with Crippen LogP contribution < -0.4 is 10.6 Å². The van der Waals surface area contributed by atoms with E-state index in [4.69, 9.17) is 5.73 Å². The number of nitrogens with zero attached hydrogens (tertiary/aromatic N) is 1. The van der Waals surface area contributed by atoms with Crippen LogP contribution in [0.25, 0.3) is 0 Å². The Bertz CT molecular complexity index is 395. The lowest BCUT2D eigenvalue weighted by molar-refractivity contribution is 0.611. The highest BCUT2D eigenvalue weighted by molar-refractivity contribution is 8.00. The van der Waals surface area contributed by atoms with Crippen molar-refractivity contribution < 1.29 is 4.39 Å². The maximum atomic E-state index is 14.0. The summed E-state index contributed by atoms with van der Waals surface area (Å²) in [6.45, 7) is 5.89. The Hall–Kier alpha value is -0.740. The molecular weight excluding hydrogens is 235 g/mol. The summed E-state index contributed by atoms with van der Waals surface area (Å²) in [6, 6.07) is 5.23. The van der Waals surface area contributed by atoms with E-state index < -0.39 is 0 Å². The smallest absolute Gasteiger partial charge is 0.146 e. The van der Waals surface area contributed by atoms with E-state index >= 15 is 0 Å². The summed E-state index contributed by atoms with van der Waals surface area (Å²) in [5, 5.41) is 0.566. The molecule has 17 heavy (non-hydrogen) atoms. The van der Waals surface area contributed by atoms with Crippen LogP contribution in [0.5, 0.6) is 0 Å². The van der Waals surface area contributed by atoms with Crippen LogP contribution in [-0.2, 0) is 0 Å². The van der Waals surface area contributed by atoms with Gasteiger partial charge in [0.05, 0.1) is 5.69 Å². The standard InChI is InChI=1S/C13H19FN2S/c1-9-8-16(5-6-17-9)13-4-3-11(10(2)15)7-12(13)14/h3-4,7,9-10H,5-6,8,15H2,1-2H3/t9?,10-/m0/s1. The van der Waals surface area contributed by atoms with Gasteiger partial charge in [-0.2, -0.15) is 11.8 Å². The molecule has 4 heteroatoms. The average molecular weight is 254 g/mol. The highest BCUT2D eigenvalue weighted by atomic mass is 32.2. The van der Waals surface area contributed by atoms with E-state index in [1.807, 2.05) is 30.8 Å². The lowest BCUT2D eigenvalue weighted by atomic mass is 10.1. The fraction of sp³-hybridized carbons (Fsp3) is 0.538.